The van der Waals surface area contributed by atoms with Crippen molar-refractivity contribution in [2.45, 2.75) is 19.4 Å². The molecule has 1 fully saturated rings. The van der Waals surface area contributed by atoms with Crippen LogP contribution in [0.5, 0.6) is 0 Å². The summed E-state index contributed by atoms with van der Waals surface area (Å²) in [6.07, 6.45) is 1.79. The zero-order valence-electron chi connectivity index (χ0n) is 13.0. The molecule has 0 spiro atoms. The van der Waals surface area contributed by atoms with Crippen molar-refractivity contribution in [3.63, 3.8) is 0 Å². The first-order chi connectivity index (χ1) is 11.3. The highest BCUT2D eigenvalue weighted by atomic mass is 19.1. The zero-order chi connectivity index (χ0) is 16.1. The number of likely N-dealkylation sites (tertiary alicyclic amines) is 1. The molecule has 0 radical (unpaired) electrons. The van der Waals surface area contributed by atoms with E-state index in [4.69, 9.17) is 0 Å². The molecule has 0 unspecified atom stereocenters. The maximum absolute atomic E-state index is 13.0. The first kappa shape index (κ1) is 15.5. The van der Waals surface area contributed by atoms with E-state index in [1.807, 2.05) is 6.07 Å². The van der Waals surface area contributed by atoms with Gasteiger partial charge in [0.1, 0.15) is 5.82 Å². The fourth-order valence-corrected chi connectivity index (χ4v) is 3.04. The second-order valence-electron chi connectivity index (χ2n) is 5.86. The van der Waals surface area contributed by atoms with Crippen molar-refractivity contribution in [2.75, 3.05) is 13.1 Å². The molecule has 2 aromatic rings. The summed E-state index contributed by atoms with van der Waals surface area (Å²) in [6, 6.07) is 19.0. The first-order valence-corrected chi connectivity index (χ1v) is 7.90. The molecule has 3 rings (SSSR count). The molecule has 23 heavy (non-hydrogen) atoms. The van der Waals surface area contributed by atoms with Crippen molar-refractivity contribution in [2.24, 2.45) is 0 Å². The standard InChI is InChI=1S/C20H19FN2/c21-19-8-6-17(7-9-19)20(14-22)18-10-12-23(13-11-18)15-16-4-2-1-3-5-16/h1-9H,10-13,15H2. The van der Waals surface area contributed by atoms with Crippen LogP contribution in [0, 0.1) is 17.1 Å². The Labute approximate surface area is 136 Å². The van der Waals surface area contributed by atoms with Crippen LogP contribution in [0.4, 0.5) is 4.39 Å². The van der Waals surface area contributed by atoms with E-state index in [0.717, 1.165) is 38.0 Å². The van der Waals surface area contributed by atoms with Gasteiger partial charge in [0.05, 0.1) is 11.6 Å². The highest BCUT2D eigenvalue weighted by Gasteiger charge is 2.18. The predicted octanol–water partition coefficient (Wildman–Crippen LogP) is 4.40. The minimum absolute atomic E-state index is 0.270. The minimum atomic E-state index is -0.270. The number of allylic oxidation sites excluding steroid dienone is 1. The van der Waals surface area contributed by atoms with Crippen molar-refractivity contribution in [1.82, 2.24) is 4.90 Å². The Balaban J connectivity index is 1.69. The number of hydrogen-bond donors (Lipinski definition) is 0. The summed E-state index contributed by atoms with van der Waals surface area (Å²) >= 11 is 0. The second kappa shape index (κ2) is 7.21. The van der Waals surface area contributed by atoms with Gasteiger partial charge in [0.15, 0.2) is 0 Å². The SMILES string of the molecule is N#CC(=C1CCN(Cc2ccccc2)CC1)c1ccc(F)cc1. The van der Waals surface area contributed by atoms with Gasteiger partial charge in [-0.1, -0.05) is 42.5 Å². The molecule has 0 bridgehead atoms. The van der Waals surface area contributed by atoms with E-state index in [9.17, 15) is 9.65 Å². The van der Waals surface area contributed by atoms with E-state index in [1.165, 1.54) is 23.3 Å². The van der Waals surface area contributed by atoms with E-state index in [1.54, 1.807) is 12.1 Å². The molecule has 0 saturated carbocycles. The Morgan fingerprint density at radius 2 is 1.65 bits per heavy atom. The van der Waals surface area contributed by atoms with E-state index in [0.29, 0.717) is 5.57 Å². The molecule has 0 atom stereocenters. The Morgan fingerprint density at radius 3 is 2.26 bits per heavy atom. The lowest BCUT2D eigenvalue weighted by atomic mass is 9.93. The summed E-state index contributed by atoms with van der Waals surface area (Å²) in [7, 11) is 0. The van der Waals surface area contributed by atoms with Crippen molar-refractivity contribution in [3.05, 3.63) is 77.1 Å². The quantitative estimate of drug-likeness (QED) is 0.786. The maximum Gasteiger partial charge on any atom is 0.123 e. The van der Waals surface area contributed by atoms with Gasteiger partial charge in [0.2, 0.25) is 0 Å². The van der Waals surface area contributed by atoms with Crippen molar-refractivity contribution < 1.29 is 4.39 Å². The van der Waals surface area contributed by atoms with Gasteiger partial charge in [-0.2, -0.15) is 5.26 Å². The van der Waals surface area contributed by atoms with Gasteiger partial charge in [-0.05, 0) is 41.7 Å². The normalized spacial score (nSPS) is 15.2. The van der Waals surface area contributed by atoms with E-state index in [2.05, 4.69) is 35.2 Å². The van der Waals surface area contributed by atoms with E-state index >= 15 is 0 Å². The third kappa shape index (κ3) is 3.85. The van der Waals surface area contributed by atoms with Crippen LogP contribution in [0.1, 0.15) is 24.0 Å². The van der Waals surface area contributed by atoms with Crippen LogP contribution in [-0.2, 0) is 6.54 Å². The largest absolute Gasteiger partial charge is 0.298 e. The van der Waals surface area contributed by atoms with E-state index in [-0.39, 0.29) is 5.82 Å². The molecule has 1 aliphatic heterocycles. The maximum atomic E-state index is 13.0. The topological polar surface area (TPSA) is 27.0 Å². The number of piperidine rings is 1. The Kier molecular flexibility index (Phi) is 4.85. The zero-order valence-corrected chi connectivity index (χ0v) is 13.0. The molecule has 1 aliphatic rings. The molecule has 0 N–H and O–H groups in total. The highest BCUT2D eigenvalue weighted by Crippen LogP contribution is 2.27. The summed E-state index contributed by atoms with van der Waals surface area (Å²) in [5, 5.41) is 9.49. The molecule has 2 nitrogen and oxygen atoms in total. The number of benzene rings is 2. The summed E-state index contributed by atoms with van der Waals surface area (Å²) in [5.41, 5.74) is 4.03. The van der Waals surface area contributed by atoms with Crippen LogP contribution in [-0.4, -0.2) is 18.0 Å². The van der Waals surface area contributed by atoms with Crippen LogP contribution in [0.3, 0.4) is 0 Å². The van der Waals surface area contributed by atoms with Crippen LogP contribution < -0.4 is 0 Å². The smallest absolute Gasteiger partial charge is 0.123 e. The van der Waals surface area contributed by atoms with Gasteiger partial charge >= 0.3 is 0 Å². The fraction of sp³-hybridized carbons (Fsp3) is 0.250. The summed E-state index contributed by atoms with van der Waals surface area (Å²) < 4.78 is 13.0. The third-order valence-electron chi connectivity index (χ3n) is 4.31. The third-order valence-corrected chi connectivity index (χ3v) is 4.31. The number of rotatable bonds is 3. The summed E-state index contributed by atoms with van der Waals surface area (Å²) in [6.45, 7) is 2.86. The second-order valence-corrected chi connectivity index (χ2v) is 5.86. The Hall–Kier alpha value is -2.44. The molecule has 1 heterocycles. The van der Waals surface area contributed by atoms with E-state index < -0.39 is 0 Å². The van der Waals surface area contributed by atoms with Gasteiger partial charge in [-0.25, -0.2) is 4.39 Å². The highest BCUT2D eigenvalue weighted by molar-refractivity contribution is 5.79. The van der Waals surface area contributed by atoms with Crippen molar-refractivity contribution >= 4 is 5.57 Å². The number of nitriles is 1. The molecular weight excluding hydrogens is 287 g/mol. The lowest BCUT2D eigenvalue weighted by Crippen LogP contribution is -2.30. The predicted molar refractivity (Wildman–Crippen MR) is 89.9 cm³/mol. The van der Waals surface area contributed by atoms with Crippen LogP contribution >= 0.6 is 0 Å². The fourth-order valence-electron chi connectivity index (χ4n) is 3.04. The number of halogens is 1. The van der Waals surface area contributed by atoms with Crippen LogP contribution in [0.25, 0.3) is 5.57 Å². The van der Waals surface area contributed by atoms with Gasteiger partial charge < -0.3 is 0 Å². The first-order valence-electron chi connectivity index (χ1n) is 7.90. The summed E-state index contributed by atoms with van der Waals surface area (Å²) in [4.78, 5) is 2.42. The van der Waals surface area contributed by atoms with Gasteiger partial charge in [-0.3, -0.25) is 4.90 Å². The van der Waals surface area contributed by atoms with Gasteiger partial charge in [0.25, 0.3) is 0 Å². The molecule has 1 saturated heterocycles. The Bertz CT molecular complexity index is 716. The van der Waals surface area contributed by atoms with Gasteiger partial charge in [0, 0.05) is 19.6 Å². The molecule has 0 aromatic heterocycles. The molecular formula is C20H19FN2. The molecule has 116 valence electrons. The summed E-state index contributed by atoms with van der Waals surface area (Å²) in [5.74, 6) is -0.270. The Morgan fingerprint density at radius 1 is 1.00 bits per heavy atom. The molecule has 0 aliphatic carbocycles. The monoisotopic (exact) mass is 306 g/mol. The van der Waals surface area contributed by atoms with Crippen LogP contribution in [0.2, 0.25) is 0 Å². The van der Waals surface area contributed by atoms with Crippen LogP contribution in [0.15, 0.2) is 60.2 Å². The lowest BCUT2D eigenvalue weighted by Gasteiger charge is -2.29. The lowest BCUT2D eigenvalue weighted by molar-refractivity contribution is 0.249. The molecule has 3 heteroatoms. The minimum Gasteiger partial charge on any atom is -0.298 e. The average molecular weight is 306 g/mol. The van der Waals surface area contributed by atoms with Crippen molar-refractivity contribution in [3.8, 4) is 6.07 Å². The average Bonchev–Trinajstić information content (AvgIpc) is 2.60. The van der Waals surface area contributed by atoms with Gasteiger partial charge in [-0.15, -0.1) is 0 Å². The molecule has 2 aromatic carbocycles. The molecule has 0 amide bonds. The van der Waals surface area contributed by atoms with Crippen molar-refractivity contribution in [1.29, 1.82) is 5.26 Å². The number of nitrogens with zero attached hydrogens (tertiary/aromatic N) is 2. The number of hydrogen-bond acceptors (Lipinski definition) is 2.